The molecule has 0 fully saturated rings. The summed E-state index contributed by atoms with van der Waals surface area (Å²) >= 11 is 0. The minimum Gasteiger partial charge on any atom is -0.501 e. The molecule has 0 aliphatic rings. The van der Waals surface area contributed by atoms with Gasteiger partial charge in [0.25, 0.3) is 0 Å². The van der Waals surface area contributed by atoms with E-state index in [4.69, 9.17) is 4.74 Å². The summed E-state index contributed by atoms with van der Waals surface area (Å²) in [6.07, 6.45) is 3.64. The van der Waals surface area contributed by atoms with Gasteiger partial charge in [0.2, 0.25) is 0 Å². The number of hydrogen-bond donors (Lipinski definition) is 0. The number of hydrogen-bond acceptors (Lipinski definition) is 2. The van der Waals surface area contributed by atoms with Crippen molar-refractivity contribution in [3.05, 3.63) is 83.6 Å². The van der Waals surface area contributed by atoms with Gasteiger partial charge in [0.15, 0.2) is 0 Å². The average molecular weight is 279 g/mol. The Kier molecular flexibility index (Phi) is 5.77. The second-order valence-corrected chi connectivity index (χ2v) is 4.85. The Balaban J connectivity index is 2.10. The van der Waals surface area contributed by atoms with Crippen LogP contribution in [0.25, 0.3) is 0 Å². The second kappa shape index (κ2) is 8.05. The van der Waals surface area contributed by atoms with E-state index in [2.05, 4.69) is 29.3 Å². The summed E-state index contributed by atoms with van der Waals surface area (Å²) in [5, 5.41) is 0. The molecular weight excluding hydrogens is 258 g/mol. The van der Waals surface area contributed by atoms with Gasteiger partial charge >= 0.3 is 0 Å². The number of benzene rings is 2. The molecule has 21 heavy (non-hydrogen) atoms. The summed E-state index contributed by atoms with van der Waals surface area (Å²) in [5.74, 6) is 0.928. The number of rotatable bonds is 6. The molecule has 0 spiro atoms. The van der Waals surface area contributed by atoms with Crippen molar-refractivity contribution in [3.63, 3.8) is 0 Å². The van der Waals surface area contributed by atoms with Gasteiger partial charge in [0.05, 0.1) is 7.11 Å². The van der Waals surface area contributed by atoms with E-state index in [9.17, 15) is 0 Å². The van der Waals surface area contributed by atoms with Crippen molar-refractivity contribution < 1.29 is 4.74 Å². The van der Waals surface area contributed by atoms with Crippen molar-refractivity contribution in [3.8, 4) is 0 Å². The largest absolute Gasteiger partial charge is 0.501 e. The third-order valence-electron chi connectivity index (χ3n) is 3.33. The zero-order valence-corrected chi connectivity index (χ0v) is 12.6. The summed E-state index contributed by atoms with van der Waals surface area (Å²) in [6.45, 7) is 0. The third-order valence-corrected chi connectivity index (χ3v) is 3.33. The summed E-state index contributed by atoms with van der Waals surface area (Å²) in [7, 11) is 3.54. The van der Waals surface area contributed by atoms with Gasteiger partial charge in [0, 0.05) is 25.6 Å². The first kappa shape index (κ1) is 15.0. The van der Waals surface area contributed by atoms with Gasteiger partial charge in [-0.1, -0.05) is 60.7 Å². The van der Waals surface area contributed by atoms with E-state index in [1.165, 1.54) is 11.1 Å². The van der Waals surface area contributed by atoms with Crippen LogP contribution in [0.1, 0.15) is 11.1 Å². The molecule has 0 heterocycles. The quantitative estimate of drug-likeness (QED) is 0.577. The lowest BCUT2D eigenvalue weighted by molar-refractivity contribution is 0.284. The summed E-state index contributed by atoms with van der Waals surface area (Å²) in [5.41, 5.74) is 3.51. The molecule has 0 saturated heterocycles. The van der Waals surface area contributed by atoms with Gasteiger partial charge in [-0.2, -0.15) is 0 Å². The first-order chi connectivity index (χ1) is 10.3. The first-order valence-corrected chi connectivity index (χ1v) is 7.10. The highest BCUT2D eigenvalue weighted by atomic mass is 16.5. The standard InChI is InChI=1S/C19H21NO/c1-20-18(13-16-9-5-3-6-10-16)15-19(21-2)14-17-11-7-4-8-12-17/h3-12,15H,13-14H2,1-2H3/b19-15-,20-18?. The van der Waals surface area contributed by atoms with Crippen LogP contribution in [0.15, 0.2) is 77.5 Å². The molecule has 0 aromatic heterocycles. The topological polar surface area (TPSA) is 21.6 Å². The molecule has 0 aliphatic carbocycles. The minimum atomic E-state index is 0.783. The third kappa shape index (κ3) is 4.92. The van der Waals surface area contributed by atoms with Crippen LogP contribution >= 0.6 is 0 Å². The molecular formula is C19H21NO. The fourth-order valence-corrected chi connectivity index (χ4v) is 2.16. The molecule has 0 bridgehead atoms. The number of allylic oxidation sites excluding steroid dienone is 2. The van der Waals surface area contributed by atoms with Crippen LogP contribution in [0.3, 0.4) is 0 Å². The van der Waals surface area contributed by atoms with Crippen LogP contribution in [0.4, 0.5) is 0 Å². The van der Waals surface area contributed by atoms with Crippen LogP contribution in [-0.2, 0) is 17.6 Å². The Hall–Kier alpha value is -2.35. The van der Waals surface area contributed by atoms with Gasteiger partial charge in [0.1, 0.15) is 5.76 Å². The number of nitrogens with zero attached hydrogens (tertiary/aromatic N) is 1. The monoisotopic (exact) mass is 279 g/mol. The maximum Gasteiger partial charge on any atom is 0.102 e. The molecule has 0 radical (unpaired) electrons. The lowest BCUT2D eigenvalue weighted by atomic mass is 10.1. The van der Waals surface area contributed by atoms with E-state index in [0.29, 0.717) is 0 Å². The minimum absolute atomic E-state index is 0.783. The lowest BCUT2D eigenvalue weighted by Crippen LogP contribution is -2.03. The highest BCUT2D eigenvalue weighted by Gasteiger charge is 2.03. The van der Waals surface area contributed by atoms with E-state index < -0.39 is 0 Å². The van der Waals surface area contributed by atoms with E-state index >= 15 is 0 Å². The van der Waals surface area contributed by atoms with Crippen molar-refractivity contribution >= 4 is 5.71 Å². The van der Waals surface area contributed by atoms with E-state index in [1.54, 1.807) is 7.11 Å². The maximum atomic E-state index is 5.50. The predicted octanol–water partition coefficient (Wildman–Crippen LogP) is 4.07. The van der Waals surface area contributed by atoms with E-state index in [0.717, 1.165) is 24.3 Å². The number of ether oxygens (including phenoxy) is 1. The molecule has 0 atom stereocenters. The molecule has 0 N–H and O–H groups in total. The van der Waals surface area contributed by atoms with Crippen LogP contribution in [0.2, 0.25) is 0 Å². The Labute approximate surface area is 126 Å². The summed E-state index contributed by atoms with van der Waals surface area (Å²) in [6, 6.07) is 20.7. The van der Waals surface area contributed by atoms with Gasteiger partial charge in [-0.3, -0.25) is 4.99 Å². The lowest BCUT2D eigenvalue weighted by Gasteiger charge is -2.08. The first-order valence-electron chi connectivity index (χ1n) is 7.10. The van der Waals surface area contributed by atoms with Crippen LogP contribution in [0, 0.1) is 0 Å². The van der Waals surface area contributed by atoms with Gasteiger partial charge < -0.3 is 4.74 Å². The Morgan fingerprint density at radius 2 is 1.43 bits per heavy atom. The van der Waals surface area contributed by atoms with Crippen molar-refractivity contribution in [1.29, 1.82) is 0 Å². The van der Waals surface area contributed by atoms with Gasteiger partial charge in [-0.15, -0.1) is 0 Å². The molecule has 2 rings (SSSR count). The zero-order chi connectivity index (χ0) is 14.9. The number of methoxy groups -OCH3 is 1. The number of aliphatic imine (C=N–C) groups is 1. The predicted molar refractivity (Wildman–Crippen MR) is 88.7 cm³/mol. The van der Waals surface area contributed by atoms with Gasteiger partial charge in [-0.05, 0) is 17.2 Å². The Morgan fingerprint density at radius 1 is 0.905 bits per heavy atom. The maximum absolute atomic E-state index is 5.50. The molecule has 0 amide bonds. The Morgan fingerprint density at radius 3 is 1.90 bits per heavy atom. The molecule has 2 nitrogen and oxygen atoms in total. The van der Waals surface area contributed by atoms with E-state index in [-0.39, 0.29) is 0 Å². The highest BCUT2D eigenvalue weighted by molar-refractivity contribution is 5.96. The molecule has 2 aromatic carbocycles. The molecule has 0 unspecified atom stereocenters. The van der Waals surface area contributed by atoms with Crippen LogP contribution < -0.4 is 0 Å². The highest BCUT2D eigenvalue weighted by Crippen LogP contribution is 2.10. The smallest absolute Gasteiger partial charge is 0.102 e. The molecule has 2 aromatic rings. The van der Waals surface area contributed by atoms with Crippen LogP contribution in [-0.4, -0.2) is 19.9 Å². The van der Waals surface area contributed by atoms with Crippen molar-refractivity contribution in [1.82, 2.24) is 0 Å². The van der Waals surface area contributed by atoms with Crippen molar-refractivity contribution in [2.24, 2.45) is 4.99 Å². The molecule has 108 valence electrons. The van der Waals surface area contributed by atoms with Gasteiger partial charge in [-0.25, -0.2) is 0 Å². The fraction of sp³-hybridized carbons (Fsp3) is 0.211. The second-order valence-electron chi connectivity index (χ2n) is 4.85. The molecule has 0 saturated carbocycles. The van der Waals surface area contributed by atoms with Crippen LogP contribution in [0.5, 0.6) is 0 Å². The normalized spacial score (nSPS) is 12.3. The zero-order valence-electron chi connectivity index (χ0n) is 12.6. The molecule has 0 aliphatic heterocycles. The Bertz CT molecular complexity index is 600. The SMILES string of the molecule is CN=C(/C=C(/Cc1ccccc1)OC)Cc1ccccc1. The molecule has 2 heteroatoms. The summed E-state index contributed by atoms with van der Waals surface area (Å²) in [4.78, 5) is 4.37. The van der Waals surface area contributed by atoms with Crippen molar-refractivity contribution in [2.75, 3.05) is 14.2 Å². The van der Waals surface area contributed by atoms with E-state index in [1.807, 2.05) is 49.5 Å². The van der Waals surface area contributed by atoms with Crippen molar-refractivity contribution in [2.45, 2.75) is 12.8 Å². The summed E-state index contributed by atoms with van der Waals surface area (Å²) < 4.78 is 5.50. The average Bonchev–Trinajstić information content (AvgIpc) is 2.55. The fourth-order valence-electron chi connectivity index (χ4n) is 2.16.